The highest BCUT2D eigenvalue weighted by Gasteiger charge is 2.08. The Morgan fingerprint density at radius 1 is 0.958 bits per heavy atom. The van der Waals surface area contributed by atoms with Crippen molar-refractivity contribution < 1.29 is 14.3 Å². The molecule has 0 aliphatic carbocycles. The van der Waals surface area contributed by atoms with Gasteiger partial charge in [-0.15, -0.1) is 0 Å². The standard InChI is InChI=1S/C19H22N2O3/c1-13-7-9-16(10-8-13)24-12-19(23)20-11-18(22)21-17-6-4-5-14(2)15(17)3/h4-10H,11-12H2,1-3H3,(H,20,23)(H,21,22). The van der Waals surface area contributed by atoms with Crippen LogP contribution in [0.3, 0.4) is 0 Å². The summed E-state index contributed by atoms with van der Waals surface area (Å²) in [4.78, 5) is 23.7. The van der Waals surface area contributed by atoms with Gasteiger partial charge in [0, 0.05) is 5.69 Å². The maximum Gasteiger partial charge on any atom is 0.258 e. The highest BCUT2D eigenvalue weighted by molar-refractivity contribution is 5.95. The number of carbonyl (C=O) groups excluding carboxylic acids is 2. The summed E-state index contributed by atoms with van der Waals surface area (Å²) in [6, 6.07) is 13.1. The molecule has 0 saturated carbocycles. The molecule has 2 amide bonds. The van der Waals surface area contributed by atoms with Crippen molar-refractivity contribution in [2.45, 2.75) is 20.8 Å². The summed E-state index contributed by atoms with van der Waals surface area (Å²) >= 11 is 0. The van der Waals surface area contributed by atoms with Gasteiger partial charge < -0.3 is 15.4 Å². The molecule has 5 heteroatoms. The first kappa shape index (κ1) is 17.5. The molecule has 0 heterocycles. The lowest BCUT2D eigenvalue weighted by Gasteiger charge is -2.11. The Morgan fingerprint density at radius 3 is 2.38 bits per heavy atom. The van der Waals surface area contributed by atoms with Crippen LogP contribution in [0.15, 0.2) is 42.5 Å². The molecule has 0 fully saturated rings. The predicted octanol–water partition coefficient (Wildman–Crippen LogP) is 2.75. The molecule has 2 aromatic carbocycles. The van der Waals surface area contributed by atoms with Gasteiger partial charge >= 0.3 is 0 Å². The Morgan fingerprint density at radius 2 is 1.67 bits per heavy atom. The first-order valence-corrected chi connectivity index (χ1v) is 7.78. The summed E-state index contributed by atoms with van der Waals surface area (Å²) in [6.45, 7) is 5.68. The lowest BCUT2D eigenvalue weighted by Crippen LogP contribution is -2.35. The van der Waals surface area contributed by atoms with Crippen molar-refractivity contribution in [3.8, 4) is 5.75 Å². The van der Waals surface area contributed by atoms with Gasteiger partial charge in [-0.25, -0.2) is 0 Å². The molecule has 2 rings (SSSR count). The summed E-state index contributed by atoms with van der Waals surface area (Å²) in [5, 5.41) is 5.33. The van der Waals surface area contributed by atoms with E-state index >= 15 is 0 Å². The molecule has 0 radical (unpaired) electrons. The van der Waals surface area contributed by atoms with E-state index in [4.69, 9.17) is 4.74 Å². The third kappa shape index (κ3) is 5.12. The Labute approximate surface area is 142 Å². The van der Waals surface area contributed by atoms with Gasteiger partial charge in [0.1, 0.15) is 5.75 Å². The van der Waals surface area contributed by atoms with Gasteiger partial charge in [-0.1, -0.05) is 29.8 Å². The van der Waals surface area contributed by atoms with Crippen molar-refractivity contribution in [1.29, 1.82) is 0 Å². The number of rotatable bonds is 6. The van der Waals surface area contributed by atoms with Gasteiger partial charge in [0.05, 0.1) is 6.54 Å². The third-order valence-corrected chi connectivity index (χ3v) is 3.72. The summed E-state index contributed by atoms with van der Waals surface area (Å²) in [7, 11) is 0. The van der Waals surface area contributed by atoms with Gasteiger partial charge in [-0.3, -0.25) is 9.59 Å². The molecule has 2 aromatic rings. The van der Waals surface area contributed by atoms with Gasteiger partial charge in [-0.05, 0) is 50.1 Å². The summed E-state index contributed by atoms with van der Waals surface area (Å²) < 4.78 is 5.36. The molecule has 5 nitrogen and oxygen atoms in total. The molecular weight excluding hydrogens is 304 g/mol. The van der Waals surface area contributed by atoms with Crippen LogP contribution in [0.25, 0.3) is 0 Å². The van der Waals surface area contributed by atoms with E-state index in [1.54, 1.807) is 12.1 Å². The molecule has 0 aromatic heterocycles. The lowest BCUT2D eigenvalue weighted by atomic mass is 10.1. The minimum Gasteiger partial charge on any atom is -0.484 e. The fourth-order valence-corrected chi connectivity index (χ4v) is 2.09. The van der Waals surface area contributed by atoms with E-state index in [0.717, 1.165) is 22.4 Å². The maximum absolute atomic E-state index is 11.9. The zero-order valence-electron chi connectivity index (χ0n) is 14.2. The Bertz CT molecular complexity index is 724. The predicted molar refractivity (Wildman–Crippen MR) is 94.2 cm³/mol. The fourth-order valence-electron chi connectivity index (χ4n) is 2.09. The van der Waals surface area contributed by atoms with Gasteiger partial charge in [-0.2, -0.15) is 0 Å². The largest absolute Gasteiger partial charge is 0.484 e. The normalized spacial score (nSPS) is 10.1. The SMILES string of the molecule is Cc1ccc(OCC(=O)NCC(=O)Nc2cccc(C)c2C)cc1. The quantitative estimate of drug-likeness (QED) is 0.858. The smallest absolute Gasteiger partial charge is 0.258 e. The van der Waals surface area contributed by atoms with Crippen molar-refractivity contribution in [2.24, 2.45) is 0 Å². The van der Waals surface area contributed by atoms with Crippen LogP contribution in [-0.2, 0) is 9.59 Å². The van der Waals surface area contributed by atoms with Crippen LogP contribution in [0.1, 0.15) is 16.7 Å². The number of hydrogen-bond acceptors (Lipinski definition) is 3. The van der Waals surface area contributed by atoms with Crippen molar-refractivity contribution in [3.63, 3.8) is 0 Å². The second kappa shape index (κ2) is 8.15. The minimum absolute atomic E-state index is 0.0938. The zero-order valence-corrected chi connectivity index (χ0v) is 14.2. The number of aryl methyl sites for hydroxylation is 2. The number of benzene rings is 2. The highest BCUT2D eigenvalue weighted by Crippen LogP contribution is 2.17. The molecule has 126 valence electrons. The Kier molecular flexibility index (Phi) is 5.95. The molecule has 2 N–H and O–H groups in total. The first-order chi connectivity index (χ1) is 11.5. The van der Waals surface area contributed by atoms with E-state index < -0.39 is 0 Å². The lowest BCUT2D eigenvalue weighted by molar-refractivity contribution is -0.125. The molecule has 0 aliphatic rings. The Hall–Kier alpha value is -2.82. The van der Waals surface area contributed by atoms with Crippen LogP contribution >= 0.6 is 0 Å². The Balaban J connectivity index is 1.75. The molecule has 0 unspecified atom stereocenters. The first-order valence-electron chi connectivity index (χ1n) is 7.78. The van der Waals surface area contributed by atoms with Crippen LogP contribution in [0.4, 0.5) is 5.69 Å². The summed E-state index contributed by atoms with van der Waals surface area (Å²) in [5.41, 5.74) is 3.99. The van der Waals surface area contributed by atoms with E-state index in [0.29, 0.717) is 5.75 Å². The number of carbonyl (C=O) groups is 2. The second-order valence-electron chi connectivity index (χ2n) is 5.67. The molecule has 0 bridgehead atoms. The van der Waals surface area contributed by atoms with E-state index in [2.05, 4.69) is 10.6 Å². The third-order valence-electron chi connectivity index (χ3n) is 3.72. The van der Waals surface area contributed by atoms with Gasteiger partial charge in [0.15, 0.2) is 6.61 Å². The van der Waals surface area contributed by atoms with Crippen LogP contribution in [0.2, 0.25) is 0 Å². The number of ether oxygens (including phenoxy) is 1. The minimum atomic E-state index is -0.341. The molecule has 0 spiro atoms. The van der Waals surface area contributed by atoms with Gasteiger partial charge in [0.25, 0.3) is 5.91 Å². The van der Waals surface area contributed by atoms with Crippen LogP contribution in [0, 0.1) is 20.8 Å². The van der Waals surface area contributed by atoms with E-state index in [9.17, 15) is 9.59 Å². The van der Waals surface area contributed by atoms with Crippen LogP contribution in [-0.4, -0.2) is 25.0 Å². The maximum atomic E-state index is 11.9. The van der Waals surface area contributed by atoms with Crippen molar-refractivity contribution in [1.82, 2.24) is 5.32 Å². The average molecular weight is 326 g/mol. The highest BCUT2D eigenvalue weighted by atomic mass is 16.5. The zero-order chi connectivity index (χ0) is 17.5. The van der Waals surface area contributed by atoms with Crippen molar-refractivity contribution in [2.75, 3.05) is 18.5 Å². The topological polar surface area (TPSA) is 67.4 Å². The number of nitrogens with one attached hydrogen (secondary N) is 2. The summed E-state index contributed by atoms with van der Waals surface area (Å²) in [6.07, 6.45) is 0. The van der Waals surface area contributed by atoms with Crippen molar-refractivity contribution >= 4 is 17.5 Å². The van der Waals surface area contributed by atoms with Crippen LogP contribution in [0.5, 0.6) is 5.75 Å². The molecule has 24 heavy (non-hydrogen) atoms. The fraction of sp³-hybridized carbons (Fsp3) is 0.263. The number of amides is 2. The molecule has 0 saturated heterocycles. The molecule has 0 aliphatic heterocycles. The second-order valence-corrected chi connectivity index (χ2v) is 5.67. The number of anilines is 1. The van der Waals surface area contributed by atoms with E-state index in [1.807, 2.05) is 51.1 Å². The van der Waals surface area contributed by atoms with Gasteiger partial charge in [0.2, 0.25) is 5.91 Å². The van der Waals surface area contributed by atoms with Crippen LogP contribution < -0.4 is 15.4 Å². The average Bonchev–Trinajstić information content (AvgIpc) is 2.56. The van der Waals surface area contributed by atoms with E-state index in [-0.39, 0.29) is 25.0 Å². The monoisotopic (exact) mass is 326 g/mol. The van der Waals surface area contributed by atoms with E-state index in [1.165, 1.54) is 0 Å². The molecule has 0 atom stereocenters. The summed E-state index contributed by atoms with van der Waals surface area (Å²) in [5.74, 6) is 0.00895. The van der Waals surface area contributed by atoms with Crippen molar-refractivity contribution in [3.05, 3.63) is 59.2 Å². The molecular formula is C19H22N2O3. The number of hydrogen-bond donors (Lipinski definition) is 2.